The van der Waals surface area contributed by atoms with Crippen LogP contribution in [-0.4, -0.2) is 13.0 Å². The third kappa shape index (κ3) is 2.11. The van der Waals surface area contributed by atoms with E-state index in [2.05, 4.69) is 4.99 Å². The lowest BCUT2D eigenvalue weighted by molar-refractivity contribution is 0.343. The van der Waals surface area contributed by atoms with E-state index in [1.807, 2.05) is 19.9 Å². The monoisotopic (exact) mass is 153 g/mol. The van der Waals surface area contributed by atoms with Crippen LogP contribution < -0.4 is 0 Å². The SMILES string of the molecule is CCOC=Nc1occc1C. The molecule has 1 aromatic heterocycles. The first-order chi connectivity index (χ1) is 5.34. The summed E-state index contributed by atoms with van der Waals surface area (Å²) in [6, 6.07) is 1.86. The van der Waals surface area contributed by atoms with Crippen LogP contribution >= 0.6 is 0 Å². The van der Waals surface area contributed by atoms with Crippen molar-refractivity contribution in [3.8, 4) is 0 Å². The Morgan fingerprint density at radius 1 is 1.73 bits per heavy atom. The molecular weight excluding hydrogens is 142 g/mol. The Labute approximate surface area is 65.7 Å². The smallest absolute Gasteiger partial charge is 0.224 e. The van der Waals surface area contributed by atoms with Gasteiger partial charge in [-0.15, -0.1) is 0 Å². The summed E-state index contributed by atoms with van der Waals surface area (Å²) in [5.74, 6) is 0.610. The minimum absolute atomic E-state index is 0.610. The van der Waals surface area contributed by atoms with Crippen LogP contribution in [0.2, 0.25) is 0 Å². The molecule has 0 aliphatic rings. The van der Waals surface area contributed by atoms with E-state index in [4.69, 9.17) is 9.15 Å². The first-order valence-corrected chi connectivity index (χ1v) is 3.53. The standard InChI is InChI=1S/C8H11NO2/c1-3-10-6-9-8-7(2)4-5-11-8/h4-6H,3H2,1-2H3. The summed E-state index contributed by atoms with van der Waals surface area (Å²) in [5, 5.41) is 0. The average Bonchev–Trinajstić information content (AvgIpc) is 2.37. The number of ether oxygens (including phenoxy) is 1. The second-order valence-electron chi connectivity index (χ2n) is 2.10. The predicted octanol–water partition coefficient (Wildman–Crippen LogP) is 2.28. The zero-order chi connectivity index (χ0) is 8.10. The highest BCUT2D eigenvalue weighted by atomic mass is 16.5. The summed E-state index contributed by atoms with van der Waals surface area (Å²) in [6.45, 7) is 4.46. The summed E-state index contributed by atoms with van der Waals surface area (Å²) in [5.41, 5.74) is 1.01. The van der Waals surface area contributed by atoms with Crippen molar-refractivity contribution in [2.24, 2.45) is 4.99 Å². The van der Waals surface area contributed by atoms with Gasteiger partial charge in [0.25, 0.3) is 0 Å². The van der Waals surface area contributed by atoms with E-state index < -0.39 is 0 Å². The van der Waals surface area contributed by atoms with Crippen LogP contribution in [0, 0.1) is 6.92 Å². The average molecular weight is 153 g/mol. The van der Waals surface area contributed by atoms with Crippen LogP contribution in [0.25, 0.3) is 0 Å². The largest absolute Gasteiger partial charge is 0.483 e. The minimum Gasteiger partial charge on any atom is -0.483 e. The molecule has 3 nitrogen and oxygen atoms in total. The first-order valence-electron chi connectivity index (χ1n) is 3.53. The highest BCUT2D eigenvalue weighted by Crippen LogP contribution is 2.17. The fraction of sp³-hybridized carbons (Fsp3) is 0.375. The fourth-order valence-electron chi connectivity index (χ4n) is 0.657. The maximum absolute atomic E-state index is 5.03. The molecule has 0 amide bonds. The summed E-state index contributed by atoms with van der Waals surface area (Å²) >= 11 is 0. The molecule has 1 heterocycles. The van der Waals surface area contributed by atoms with Gasteiger partial charge < -0.3 is 9.15 Å². The van der Waals surface area contributed by atoms with Crippen LogP contribution in [0.3, 0.4) is 0 Å². The molecule has 0 spiro atoms. The molecule has 0 saturated carbocycles. The van der Waals surface area contributed by atoms with Crippen molar-refractivity contribution in [3.05, 3.63) is 17.9 Å². The van der Waals surface area contributed by atoms with Gasteiger partial charge in [-0.2, -0.15) is 4.99 Å². The van der Waals surface area contributed by atoms with Crippen molar-refractivity contribution < 1.29 is 9.15 Å². The Balaban J connectivity index is 2.56. The van der Waals surface area contributed by atoms with Crippen molar-refractivity contribution in [1.82, 2.24) is 0 Å². The summed E-state index contributed by atoms with van der Waals surface area (Å²) < 4.78 is 9.94. The molecule has 1 aromatic rings. The van der Waals surface area contributed by atoms with Crippen LogP contribution in [-0.2, 0) is 4.74 Å². The number of hydrogen-bond acceptors (Lipinski definition) is 3. The van der Waals surface area contributed by atoms with Crippen molar-refractivity contribution in [2.45, 2.75) is 13.8 Å². The molecule has 0 aromatic carbocycles. The van der Waals surface area contributed by atoms with E-state index in [9.17, 15) is 0 Å². The Bertz CT molecular complexity index is 240. The lowest BCUT2D eigenvalue weighted by Crippen LogP contribution is -1.83. The molecule has 60 valence electrons. The summed E-state index contributed by atoms with van der Waals surface area (Å²) in [7, 11) is 0. The third-order valence-corrected chi connectivity index (χ3v) is 1.25. The zero-order valence-corrected chi connectivity index (χ0v) is 6.70. The molecule has 0 unspecified atom stereocenters. The predicted molar refractivity (Wildman–Crippen MR) is 43.2 cm³/mol. The molecule has 0 atom stereocenters. The molecule has 0 aliphatic heterocycles. The third-order valence-electron chi connectivity index (χ3n) is 1.25. The summed E-state index contributed by atoms with van der Waals surface area (Å²) in [6.07, 6.45) is 3.00. The highest BCUT2D eigenvalue weighted by molar-refractivity contribution is 5.53. The van der Waals surface area contributed by atoms with Crippen LogP contribution in [0.1, 0.15) is 12.5 Å². The first kappa shape index (κ1) is 7.85. The number of aliphatic imine (C=N–C) groups is 1. The second kappa shape index (κ2) is 3.81. The number of aryl methyl sites for hydroxylation is 1. The van der Waals surface area contributed by atoms with Crippen molar-refractivity contribution >= 4 is 12.3 Å². The number of furan rings is 1. The van der Waals surface area contributed by atoms with Gasteiger partial charge in [0.15, 0.2) is 6.40 Å². The zero-order valence-electron chi connectivity index (χ0n) is 6.70. The Morgan fingerprint density at radius 3 is 3.09 bits per heavy atom. The van der Waals surface area contributed by atoms with Gasteiger partial charge in [-0.05, 0) is 19.9 Å². The maximum atomic E-state index is 5.03. The van der Waals surface area contributed by atoms with E-state index >= 15 is 0 Å². The highest BCUT2D eigenvalue weighted by Gasteiger charge is 1.95. The normalized spacial score (nSPS) is 10.7. The fourth-order valence-corrected chi connectivity index (χ4v) is 0.657. The van der Waals surface area contributed by atoms with Gasteiger partial charge >= 0.3 is 0 Å². The van der Waals surface area contributed by atoms with Gasteiger partial charge in [-0.1, -0.05) is 0 Å². The van der Waals surface area contributed by atoms with Crippen molar-refractivity contribution in [3.63, 3.8) is 0 Å². The van der Waals surface area contributed by atoms with E-state index in [0.717, 1.165) is 5.56 Å². The molecule has 11 heavy (non-hydrogen) atoms. The number of hydrogen-bond donors (Lipinski definition) is 0. The maximum Gasteiger partial charge on any atom is 0.224 e. The van der Waals surface area contributed by atoms with Crippen molar-refractivity contribution in [1.29, 1.82) is 0 Å². The van der Waals surface area contributed by atoms with Gasteiger partial charge in [0, 0.05) is 5.56 Å². The lowest BCUT2D eigenvalue weighted by Gasteiger charge is -1.90. The quantitative estimate of drug-likeness (QED) is 0.493. The summed E-state index contributed by atoms with van der Waals surface area (Å²) in [4.78, 5) is 3.94. The van der Waals surface area contributed by atoms with Gasteiger partial charge in [0.2, 0.25) is 5.88 Å². The minimum atomic E-state index is 0.610. The Hall–Kier alpha value is -1.25. The van der Waals surface area contributed by atoms with E-state index in [-0.39, 0.29) is 0 Å². The van der Waals surface area contributed by atoms with Gasteiger partial charge in [-0.3, -0.25) is 0 Å². The van der Waals surface area contributed by atoms with Gasteiger partial charge in [0.05, 0.1) is 12.9 Å². The van der Waals surface area contributed by atoms with Crippen LogP contribution in [0.5, 0.6) is 0 Å². The molecule has 0 saturated heterocycles. The molecule has 0 radical (unpaired) electrons. The molecule has 3 heteroatoms. The molecule has 0 bridgehead atoms. The van der Waals surface area contributed by atoms with Gasteiger partial charge in [-0.25, -0.2) is 0 Å². The molecule has 0 aliphatic carbocycles. The van der Waals surface area contributed by atoms with Crippen LogP contribution in [0.4, 0.5) is 5.88 Å². The molecule has 0 fully saturated rings. The van der Waals surface area contributed by atoms with Crippen LogP contribution in [0.15, 0.2) is 21.7 Å². The van der Waals surface area contributed by atoms with E-state index in [0.29, 0.717) is 12.5 Å². The second-order valence-corrected chi connectivity index (χ2v) is 2.10. The number of rotatable bonds is 3. The molecular formula is C8H11NO2. The Morgan fingerprint density at radius 2 is 2.55 bits per heavy atom. The van der Waals surface area contributed by atoms with Gasteiger partial charge in [0.1, 0.15) is 0 Å². The van der Waals surface area contributed by atoms with E-state index in [1.165, 1.54) is 6.40 Å². The van der Waals surface area contributed by atoms with Crippen molar-refractivity contribution in [2.75, 3.05) is 6.61 Å². The number of nitrogens with zero attached hydrogens (tertiary/aromatic N) is 1. The topological polar surface area (TPSA) is 34.7 Å². The Kier molecular flexibility index (Phi) is 2.72. The van der Waals surface area contributed by atoms with E-state index in [1.54, 1.807) is 6.26 Å². The molecule has 1 rings (SSSR count). The lowest BCUT2D eigenvalue weighted by atomic mass is 10.4. The molecule has 0 N–H and O–H groups in total.